The molecule has 2 aromatic carbocycles. The normalized spacial score (nSPS) is 24.7. The number of nitrogens with two attached hydrogens (primary N) is 1. The van der Waals surface area contributed by atoms with Crippen LogP contribution in [0.5, 0.6) is 0 Å². The fourth-order valence-electron chi connectivity index (χ4n) is 5.35. The Morgan fingerprint density at radius 3 is 2.39 bits per heavy atom. The van der Waals surface area contributed by atoms with Gasteiger partial charge < -0.3 is 20.3 Å². The first-order valence-corrected chi connectivity index (χ1v) is 11.7. The fourth-order valence-corrected chi connectivity index (χ4v) is 5.35. The van der Waals surface area contributed by atoms with Crippen molar-refractivity contribution < 1.29 is 14.0 Å². The van der Waals surface area contributed by atoms with Gasteiger partial charge in [-0.2, -0.15) is 0 Å². The van der Waals surface area contributed by atoms with Gasteiger partial charge in [0.15, 0.2) is 12.1 Å². The monoisotopic (exact) mass is 443 g/mol. The number of fused-ring (bicyclic) bond motifs is 3. The highest BCUT2D eigenvalue weighted by Crippen LogP contribution is 2.37. The fraction of sp³-hybridized carbons (Fsp3) is 0.333. The van der Waals surface area contributed by atoms with Crippen LogP contribution in [-0.4, -0.2) is 41.2 Å². The number of para-hydroxylation sites is 1. The quantitative estimate of drug-likeness (QED) is 0.423. The highest BCUT2D eigenvalue weighted by molar-refractivity contribution is 5.81. The van der Waals surface area contributed by atoms with Gasteiger partial charge in [0.05, 0.1) is 18.8 Å². The number of rotatable bonds is 7. The number of hydrogen-bond acceptors (Lipinski definition) is 5. The number of pyridine rings is 1. The van der Waals surface area contributed by atoms with E-state index >= 15 is 0 Å². The van der Waals surface area contributed by atoms with Gasteiger partial charge in [0.1, 0.15) is 18.9 Å². The molecule has 1 aromatic heterocycles. The number of nitrogens with zero attached hydrogens (tertiary/aromatic N) is 2. The molecule has 3 N–H and O–H groups in total. The van der Waals surface area contributed by atoms with Gasteiger partial charge in [-0.25, -0.2) is 9.78 Å². The van der Waals surface area contributed by atoms with Crippen LogP contribution in [0.15, 0.2) is 78.9 Å². The summed E-state index contributed by atoms with van der Waals surface area (Å²) in [6.07, 6.45) is 2.06. The van der Waals surface area contributed by atoms with Crippen molar-refractivity contribution in [2.45, 2.75) is 31.5 Å². The molecular weight excluding hydrogens is 412 g/mol. The summed E-state index contributed by atoms with van der Waals surface area (Å²) in [5.41, 5.74) is 8.72. The van der Waals surface area contributed by atoms with Crippen molar-refractivity contribution in [1.82, 2.24) is 4.98 Å². The topological polar surface area (TPSA) is 77.2 Å². The molecule has 3 fully saturated rings. The molecule has 0 aliphatic carbocycles. The van der Waals surface area contributed by atoms with Gasteiger partial charge >= 0.3 is 5.97 Å². The number of hydrogen-bond donors (Lipinski definition) is 2. The molecule has 2 atom stereocenters. The van der Waals surface area contributed by atoms with E-state index < -0.39 is 6.04 Å². The molecule has 3 saturated heterocycles. The van der Waals surface area contributed by atoms with E-state index in [1.807, 2.05) is 78.9 Å². The maximum absolute atomic E-state index is 13.5. The maximum Gasteiger partial charge on any atom is 0.333 e. The molecule has 6 heteroatoms. The highest BCUT2D eigenvalue weighted by Gasteiger charge is 2.48. The van der Waals surface area contributed by atoms with Crippen molar-refractivity contribution >= 4 is 17.5 Å². The molecule has 3 aliphatic rings. The largest absolute Gasteiger partial charge is 0.454 e. The number of esters is 1. The van der Waals surface area contributed by atoms with E-state index in [0.29, 0.717) is 11.7 Å². The van der Waals surface area contributed by atoms with Crippen molar-refractivity contribution in [2.75, 3.05) is 30.7 Å². The number of piperidine rings is 3. The molecular formula is C27H31N4O2+. The van der Waals surface area contributed by atoms with Gasteiger partial charge in [0.2, 0.25) is 0 Å². The Kier molecular flexibility index (Phi) is 6.01. The number of anilines is 2. The van der Waals surface area contributed by atoms with Crippen LogP contribution < -0.4 is 11.1 Å². The first kappa shape index (κ1) is 21.5. The minimum Gasteiger partial charge on any atom is -0.454 e. The summed E-state index contributed by atoms with van der Waals surface area (Å²) in [5, 5.41) is 3.38. The van der Waals surface area contributed by atoms with E-state index in [2.05, 4.69) is 10.3 Å². The lowest BCUT2D eigenvalue weighted by molar-refractivity contribution is -0.958. The lowest BCUT2D eigenvalue weighted by Gasteiger charge is -2.52. The van der Waals surface area contributed by atoms with Crippen LogP contribution in [0.4, 0.5) is 11.5 Å². The summed E-state index contributed by atoms with van der Waals surface area (Å²) in [7, 11) is 0. The second kappa shape index (κ2) is 9.24. The Balaban J connectivity index is 1.33. The Labute approximate surface area is 195 Å². The average Bonchev–Trinajstić information content (AvgIpc) is 2.84. The van der Waals surface area contributed by atoms with Crippen LogP contribution in [0.1, 0.15) is 30.1 Å². The lowest BCUT2D eigenvalue weighted by atomic mass is 9.83. The first-order valence-electron chi connectivity index (χ1n) is 11.7. The molecule has 33 heavy (non-hydrogen) atoms. The predicted octanol–water partition coefficient (Wildman–Crippen LogP) is 4.17. The molecule has 3 aliphatic heterocycles. The minimum atomic E-state index is -0.548. The first-order chi connectivity index (χ1) is 16.1. The van der Waals surface area contributed by atoms with Crippen LogP contribution in [0, 0.1) is 5.92 Å². The van der Waals surface area contributed by atoms with E-state index in [4.69, 9.17) is 10.5 Å². The van der Waals surface area contributed by atoms with Crippen LogP contribution in [-0.2, 0) is 16.1 Å². The van der Waals surface area contributed by atoms with Gasteiger partial charge in [-0.3, -0.25) is 0 Å². The van der Waals surface area contributed by atoms with Gasteiger partial charge in [-0.1, -0.05) is 54.6 Å². The molecule has 6 nitrogen and oxygen atoms in total. The molecule has 0 amide bonds. The van der Waals surface area contributed by atoms with Crippen molar-refractivity contribution in [3.8, 4) is 0 Å². The summed E-state index contributed by atoms with van der Waals surface area (Å²) in [6.45, 7) is 3.86. The lowest BCUT2D eigenvalue weighted by Crippen LogP contribution is -2.64. The second-order valence-electron chi connectivity index (χ2n) is 9.35. The molecule has 0 spiro atoms. The number of nitrogens with one attached hydrogen (secondary N) is 1. The Morgan fingerprint density at radius 1 is 1.00 bits per heavy atom. The third-order valence-corrected chi connectivity index (χ3v) is 7.09. The summed E-state index contributed by atoms with van der Waals surface area (Å²) < 4.78 is 7.15. The van der Waals surface area contributed by atoms with Gasteiger partial charge in [0, 0.05) is 24.4 Å². The zero-order chi connectivity index (χ0) is 22.7. The van der Waals surface area contributed by atoms with E-state index in [1.165, 1.54) is 0 Å². The van der Waals surface area contributed by atoms with E-state index in [1.54, 1.807) is 0 Å². The molecule has 3 aromatic rings. The Hall–Kier alpha value is -3.38. The number of quaternary nitrogens is 1. The number of nitrogen functional groups attached to an aromatic ring is 1. The van der Waals surface area contributed by atoms with Crippen molar-refractivity contribution in [1.29, 1.82) is 0 Å². The molecule has 2 bridgehead atoms. The van der Waals surface area contributed by atoms with Crippen LogP contribution in [0.2, 0.25) is 0 Å². The van der Waals surface area contributed by atoms with Crippen molar-refractivity contribution in [3.63, 3.8) is 0 Å². The van der Waals surface area contributed by atoms with E-state index in [-0.39, 0.29) is 12.1 Å². The van der Waals surface area contributed by atoms with Crippen LogP contribution in [0.25, 0.3) is 0 Å². The SMILES string of the molecule is Nc1cccc(C[N+]23CCC(CC2)C(OC(=O)C(Nc2ccccc2)c2ccccc2)C3)n1. The molecule has 4 heterocycles. The van der Waals surface area contributed by atoms with E-state index in [9.17, 15) is 4.79 Å². The molecule has 170 valence electrons. The number of carbonyl (C=O) groups is 1. The summed E-state index contributed by atoms with van der Waals surface area (Å²) in [4.78, 5) is 18.0. The smallest absolute Gasteiger partial charge is 0.333 e. The van der Waals surface area contributed by atoms with Gasteiger partial charge in [0.25, 0.3) is 0 Å². The standard InChI is InChI=1S/C27H31N4O2/c28-25-13-7-12-23(29-25)18-31-16-14-20(15-17-31)24(19-31)33-27(32)26(21-8-3-1-4-9-21)30-22-10-5-2-6-11-22/h1-13,20,24,26,30H,14-19H2,(H2,28,29)/q+1. The van der Waals surface area contributed by atoms with Gasteiger partial charge in [-0.05, 0) is 29.8 Å². The van der Waals surface area contributed by atoms with Crippen molar-refractivity contribution in [2.24, 2.45) is 5.92 Å². The van der Waals surface area contributed by atoms with E-state index in [0.717, 1.165) is 60.4 Å². The zero-order valence-corrected chi connectivity index (χ0v) is 18.8. The molecule has 0 radical (unpaired) electrons. The van der Waals surface area contributed by atoms with Crippen LogP contribution in [0.3, 0.4) is 0 Å². The number of benzene rings is 2. The third kappa shape index (κ3) is 4.86. The molecule has 6 rings (SSSR count). The summed E-state index contributed by atoms with van der Waals surface area (Å²) in [6, 6.07) is 24.9. The Bertz CT molecular complexity index is 1080. The maximum atomic E-state index is 13.5. The molecule has 2 unspecified atom stereocenters. The summed E-state index contributed by atoms with van der Waals surface area (Å²) >= 11 is 0. The summed E-state index contributed by atoms with van der Waals surface area (Å²) in [5.74, 6) is 0.762. The average molecular weight is 444 g/mol. The highest BCUT2D eigenvalue weighted by atomic mass is 16.5. The number of aromatic nitrogens is 1. The number of ether oxygens (including phenoxy) is 1. The predicted molar refractivity (Wildman–Crippen MR) is 129 cm³/mol. The van der Waals surface area contributed by atoms with Gasteiger partial charge in [-0.15, -0.1) is 0 Å². The second-order valence-corrected chi connectivity index (χ2v) is 9.35. The Morgan fingerprint density at radius 2 is 1.70 bits per heavy atom. The third-order valence-electron chi connectivity index (χ3n) is 7.09. The van der Waals surface area contributed by atoms with Crippen molar-refractivity contribution in [3.05, 3.63) is 90.1 Å². The minimum absolute atomic E-state index is 0.0788. The number of carbonyl (C=O) groups excluding carboxylic acids is 1. The zero-order valence-electron chi connectivity index (χ0n) is 18.8. The molecule has 0 saturated carbocycles. The van der Waals surface area contributed by atoms with Crippen LogP contribution >= 0.6 is 0 Å².